The van der Waals surface area contributed by atoms with Gasteiger partial charge >= 0.3 is 0 Å². The molecule has 2 fully saturated rings. The summed E-state index contributed by atoms with van der Waals surface area (Å²) in [5, 5.41) is 10.5. The second-order valence-electron chi connectivity index (χ2n) is 5.32. The lowest BCUT2D eigenvalue weighted by Crippen LogP contribution is -2.29. The van der Waals surface area contributed by atoms with Crippen LogP contribution in [-0.4, -0.2) is 35.6 Å². The predicted octanol–water partition coefficient (Wildman–Crippen LogP) is 1.96. The van der Waals surface area contributed by atoms with Gasteiger partial charge in [0.1, 0.15) is 6.61 Å². The van der Waals surface area contributed by atoms with E-state index >= 15 is 0 Å². The number of nitrogens with zero attached hydrogens (tertiary/aromatic N) is 1. The highest BCUT2D eigenvalue weighted by atomic mass is 32.1. The zero-order valence-electron chi connectivity index (χ0n) is 10.8. The van der Waals surface area contributed by atoms with Gasteiger partial charge in [-0.1, -0.05) is 18.3 Å². The Labute approximate surface area is 117 Å². The molecule has 3 rings (SSSR count). The summed E-state index contributed by atoms with van der Waals surface area (Å²) in [6, 6.07) is 1.84. The van der Waals surface area contributed by atoms with E-state index in [1.807, 2.05) is 16.3 Å². The molecule has 0 aromatic carbocycles. The summed E-state index contributed by atoms with van der Waals surface area (Å²) in [5.41, 5.74) is 0.743. The summed E-state index contributed by atoms with van der Waals surface area (Å²) < 4.78 is 0. The highest BCUT2D eigenvalue weighted by Crippen LogP contribution is 2.38. The third-order valence-electron chi connectivity index (χ3n) is 4.15. The maximum Gasteiger partial charge on any atom is 0.254 e. The minimum atomic E-state index is -0.142. The molecule has 4 heteroatoms. The molecule has 1 aromatic heterocycles. The Kier molecular flexibility index (Phi) is 3.58. The van der Waals surface area contributed by atoms with E-state index in [2.05, 4.69) is 11.8 Å². The van der Waals surface area contributed by atoms with Crippen LogP contribution in [0.1, 0.15) is 34.5 Å². The number of hydrogen-bond donors (Lipinski definition) is 1. The number of hydrogen-bond acceptors (Lipinski definition) is 3. The van der Waals surface area contributed by atoms with Crippen LogP contribution in [0.2, 0.25) is 0 Å². The number of carbonyl (C=O) groups is 1. The minimum Gasteiger partial charge on any atom is -0.384 e. The first-order chi connectivity index (χ1) is 9.28. The molecule has 1 aliphatic heterocycles. The normalized spacial score (nSPS) is 25.0. The smallest absolute Gasteiger partial charge is 0.254 e. The lowest BCUT2D eigenvalue weighted by atomic mass is 10.0. The Morgan fingerprint density at radius 2 is 2.16 bits per heavy atom. The Balaban J connectivity index is 1.69. The Morgan fingerprint density at radius 3 is 2.84 bits per heavy atom. The Bertz CT molecular complexity index is 528. The van der Waals surface area contributed by atoms with E-state index < -0.39 is 0 Å². The van der Waals surface area contributed by atoms with Crippen LogP contribution in [0, 0.1) is 23.7 Å². The van der Waals surface area contributed by atoms with Gasteiger partial charge < -0.3 is 10.0 Å². The summed E-state index contributed by atoms with van der Waals surface area (Å²) in [6.07, 6.45) is 3.90. The fourth-order valence-electron chi connectivity index (χ4n) is 3.22. The van der Waals surface area contributed by atoms with Crippen molar-refractivity contribution in [2.75, 3.05) is 19.7 Å². The van der Waals surface area contributed by atoms with Gasteiger partial charge in [-0.25, -0.2) is 0 Å². The van der Waals surface area contributed by atoms with Crippen molar-refractivity contribution in [2.45, 2.75) is 19.3 Å². The van der Waals surface area contributed by atoms with Gasteiger partial charge in [0.05, 0.1) is 10.4 Å². The van der Waals surface area contributed by atoms with Gasteiger partial charge in [0.2, 0.25) is 0 Å². The number of fused-ring (bicyclic) bond motifs is 1. The first-order valence-electron chi connectivity index (χ1n) is 6.75. The molecule has 2 heterocycles. The van der Waals surface area contributed by atoms with Crippen molar-refractivity contribution in [3.05, 3.63) is 21.9 Å². The largest absolute Gasteiger partial charge is 0.384 e. The zero-order valence-corrected chi connectivity index (χ0v) is 11.6. The summed E-state index contributed by atoms with van der Waals surface area (Å²) in [4.78, 5) is 15.2. The van der Waals surface area contributed by atoms with Crippen molar-refractivity contribution >= 4 is 17.2 Å². The SMILES string of the molecule is O=C(c1csc(C#CCO)c1)N1CC2CCCC2C1. The minimum absolute atomic E-state index is 0.141. The number of aliphatic hydroxyl groups excluding tert-OH is 1. The van der Waals surface area contributed by atoms with E-state index in [1.165, 1.54) is 30.6 Å². The van der Waals surface area contributed by atoms with E-state index in [-0.39, 0.29) is 12.5 Å². The van der Waals surface area contributed by atoms with Crippen molar-refractivity contribution in [1.82, 2.24) is 4.90 Å². The molecule has 1 amide bonds. The number of aliphatic hydroxyl groups is 1. The molecule has 3 nitrogen and oxygen atoms in total. The van der Waals surface area contributed by atoms with Crippen molar-refractivity contribution in [2.24, 2.45) is 11.8 Å². The quantitative estimate of drug-likeness (QED) is 0.796. The number of carbonyl (C=O) groups excluding carboxylic acids is 1. The third kappa shape index (κ3) is 2.54. The molecule has 2 unspecified atom stereocenters. The second-order valence-corrected chi connectivity index (χ2v) is 6.23. The van der Waals surface area contributed by atoms with Crippen LogP contribution in [0.4, 0.5) is 0 Å². The van der Waals surface area contributed by atoms with E-state index in [4.69, 9.17) is 5.11 Å². The van der Waals surface area contributed by atoms with Crippen LogP contribution < -0.4 is 0 Å². The molecule has 0 spiro atoms. The molecule has 0 radical (unpaired) electrons. The molecular weight excluding hydrogens is 258 g/mol. The topological polar surface area (TPSA) is 40.5 Å². The third-order valence-corrected chi connectivity index (χ3v) is 5.00. The summed E-state index contributed by atoms with van der Waals surface area (Å²) >= 11 is 1.47. The molecule has 2 atom stereocenters. The van der Waals surface area contributed by atoms with Gasteiger partial charge in [0.25, 0.3) is 5.91 Å². The molecule has 1 saturated carbocycles. The van der Waals surface area contributed by atoms with Gasteiger partial charge in [-0.05, 0) is 30.7 Å². The Morgan fingerprint density at radius 1 is 1.42 bits per heavy atom. The molecule has 0 bridgehead atoms. The maximum absolute atomic E-state index is 12.4. The van der Waals surface area contributed by atoms with Crippen molar-refractivity contribution in [1.29, 1.82) is 0 Å². The standard InChI is InChI=1S/C15H17NO2S/c17-6-2-5-14-7-13(10-19-14)15(18)16-8-11-3-1-4-12(11)9-16/h7,10-12,17H,1,3-4,6,8-9H2. The molecule has 19 heavy (non-hydrogen) atoms. The second kappa shape index (κ2) is 5.36. The molecule has 1 saturated heterocycles. The first kappa shape index (κ1) is 12.7. The maximum atomic E-state index is 12.4. The van der Waals surface area contributed by atoms with Crippen LogP contribution in [0.25, 0.3) is 0 Å². The molecule has 1 aliphatic carbocycles. The predicted molar refractivity (Wildman–Crippen MR) is 75.0 cm³/mol. The van der Waals surface area contributed by atoms with Crippen molar-refractivity contribution in [3.63, 3.8) is 0 Å². The Hall–Kier alpha value is -1.31. The van der Waals surface area contributed by atoms with Crippen LogP contribution >= 0.6 is 11.3 Å². The molecule has 1 N–H and O–H groups in total. The lowest BCUT2D eigenvalue weighted by molar-refractivity contribution is 0.0781. The lowest BCUT2D eigenvalue weighted by Gasteiger charge is -2.16. The fourth-order valence-corrected chi connectivity index (χ4v) is 3.97. The van der Waals surface area contributed by atoms with Gasteiger partial charge in [-0.3, -0.25) is 4.79 Å². The van der Waals surface area contributed by atoms with E-state index in [9.17, 15) is 4.79 Å². The summed E-state index contributed by atoms with van der Waals surface area (Å²) in [7, 11) is 0. The van der Waals surface area contributed by atoms with E-state index in [0.29, 0.717) is 0 Å². The average molecular weight is 275 g/mol. The fraction of sp³-hybridized carbons (Fsp3) is 0.533. The number of likely N-dealkylation sites (tertiary alicyclic amines) is 1. The van der Waals surface area contributed by atoms with Gasteiger partial charge in [0, 0.05) is 18.5 Å². The van der Waals surface area contributed by atoms with Crippen LogP contribution in [0.3, 0.4) is 0 Å². The van der Waals surface area contributed by atoms with Crippen LogP contribution in [0.5, 0.6) is 0 Å². The van der Waals surface area contributed by atoms with Gasteiger partial charge in [0.15, 0.2) is 0 Å². The van der Waals surface area contributed by atoms with E-state index in [0.717, 1.165) is 35.4 Å². The highest BCUT2D eigenvalue weighted by molar-refractivity contribution is 7.10. The average Bonchev–Trinajstić information content (AvgIpc) is 3.10. The van der Waals surface area contributed by atoms with Crippen LogP contribution in [-0.2, 0) is 0 Å². The summed E-state index contributed by atoms with van der Waals surface area (Å²) in [5.74, 6) is 7.06. The van der Waals surface area contributed by atoms with Crippen LogP contribution in [0.15, 0.2) is 11.4 Å². The summed E-state index contributed by atoms with van der Waals surface area (Å²) in [6.45, 7) is 1.71. The van der Waals surface area contributed by atoms with Gasteiger partial charge in [-0.15, -0.1) is 11.3 Å². The van der Waals surface area contributed by atoms with Crippen molar-refractivity contribution in [3.8, 4) is 11.8 Å². The van der Waals surface area contributed by atoms with Gasteiger partial charge in [-0.2, -0.15) is 0 Å². The number of thiophene rings is 1. The van der Waals surface area contributed by atoms with E-state index in [1.54, 1.807) is 0 Å². The monoisotopic (exact) mass is 275 g/mol. The first-order valence-corrected chi connectivity index (χ1v) is 7.63. The molecule has 2 aliphatic rings. The number of rotatable bonds is 1. The molecular formula is C15H17NO2S. The van der Waals surface area contributed by atoms with Crippen molar-refractivity contribution < 1.29 is 9.90 Å². The highest BCUT2D eigenvalue weighted by Gasteiger charge is 2.38. The number of amides is 1. The zero-order chi connectivity index (χ0) is 13.2. The molecule has 1 aromatic rings. The molecule has 100 valence electrons.